The number of hydrogen-bond donors (Lipinski definition) is 1. The molecule has 90 valence electrons. The maximum Gasteiger partial charge on any atom is 0.0574 e. The molecule has 1 atom stereocenters. The van der Waals surface area contributed by atoms with E-state index in [0.29, 0.717) is 5.92 Å². The van der Waals surface area contributed by atoms with Crippen LogP contribution in [0.1, 0.15) is 52.9 Å². The number of rotatable bonds is 4. The monoisotopic (exact) mass is 221 g/mol. The van der Waals surface area contributed by atoms with E-state index in [1.54, 1.807) is 5.57 Å². The Morgan fingerprint density at radius 2 is 2.25 bits per heavy atom. The summed E-state index contributed by atoms with van der Waals surface area (Å²) >= 11 is 0. The summed E-state index contributed by atoms with van der Waals surface area (Å²) in [5, 5.41) is 12.0. The van der Waals surface area contributed by atoms with E-state index in [1.807, 2.05) is 6.92 Å². The Morgan fingerprint density at radius 3 is 2.75 bits per heavy atom. The van der Waals surface area contributed by atoms with Crippen LogP contribution in [0.5, 0.6) is 0 Å². The third kappa shape index (κ3) is 4.21. The summed E-state index contributed by atoms with van der Waals surface area (Å²) in [6.07, 6.45) is 10.3. The standard InChI is InChI=1S/C14H23NO/c1-11(2)5-4-6-13-7-9-14(10-8-13)12(3)15-16/h5,7,14,16H,4,6,8-10H2,1-3H3/b15-12+. The first kappa shape index (κ1) is 13.0. The van der Waals surface area contributed by atoms with Crippen molar-refractivity contribution in [1.29, 1.82) is 0 Å². The highest BCUT2D eigenvalue weighted by atomic mass is 16.4. The van der Waals surface area contributed by atoms with Gasteiger partial charge < -0.3 is 5.21 Å². The predicted octanol–water partition coefficient (Wildman–Crippen LogP) is 4.31. The number of oxime groups is 1. The summed E-state index contributed by atoms with van der Waals surface area (Å²) < 4.78 is 0. The van der Waals surface area contributed by atoms with Gasteiger partial charge in [-0.15, -0.1) is 0 Å². The van der Waals surface area contributed by atoms with Gasteiger partial charge in [0.25, 0.3) is 0 Å². The Morgan fingerprint density at radius 1 is 1.50 bits per heavy atom. The molecule has 1 rings (SSSR count). The third-order valence-electron chi connectivity index (χ3n) is 3.27. The lowest BCUT2D eigenvalue weighted by molar-refractivity contribution is 0.313. The van der Waals surface area contributed by atoms with Crippen LogP contribution in [-0.2, 0) is 0 Å². The van der Waals surface area contributed by atoms with E-state index in [2.05, 4.69) is 31.2 Å². The summed E-state index contributed by atoms with van der Waals surface area (Å²) in [6, 6.07) is 0. The fraction of sp³-hybridized carbons (Fsp3) is 0.643. The van der Waals surface area contributed by atoms with Gasteiger partial charge in [-0.05, 0) is 52.9 Å². The van der Waals surface area contributed by atoms with Crippen molar-refractivity contribution in [2.24, 2.45) is 11.1 Å². The molecule has 2 heteroatoms. The number of allylic oxidation sites excluding steroid dienone is 4. The van der Waals surface area contributed by atoms with E-state index in [1.165, 1.54) is 12.0 Å². The molecule has 0 amide bonds. The Balaban J connectivity index is 2.38. The van der Waals surface area contributed by atoms with E-state index in [0.717, 1.165) is 31.4 Å². The number of hydrogen-bond acceptors (Lipinski definition) is 2. The quantitative estimate of drug-likeness (QED) is 0.326. The molecule has 0 saturated carbocycles. The normalized spacial score (nSPS) is 21.6. The summed E-state index contributed by atoms with van der Waals surface area (Å²) in [5.41, 5.74) is 3.84. The molecule has 0 radical (unpaired) electrons. The molecule has 1 aliphatic rings. The SMILES string of the molecule is CC(C)=CCCC1=CCC(/C(C)=N/O)CC1. The van der Waals surface area contributed by atoms with Crippen molar-refractivity contribution < 1.29 is 5.21 Å². The Hall–Kier alpha value is -1.05. The average Bonchev–Trinajstić information content (AvgIpc) is 2.28. The highest BCUT2D eigenvalue weighted by molar-refractivity contribution is 5.84. The van der Waals surface area contributed by atoms with Crippen molar-refractivity contribution >= 4 is 5.71 Å². The zero-order valence-electron chi connectivity index (χ0n) is 10.7. The van der Waals surface area contributed by atoms with E-state index < -0.39 is 0 Å². The van der Waals surface area contributed by atoms with E-state index in [4.69, 9.17) is 5.21 Å². The molecule has 0 aliphatic heterocycles. The molecule has 1 N–H and O–H groups in total. The van der Waals surface area contributed by atoms with Gasteiger partial charge >= 0.3 is 0 Å². The lowest BCUT2D eigenvalue weighted by Gasteiger charge is -2.20. The first-order valence-electron chi connectivity index (χ1n) is 6.13. The molecule has 0 aromatic rings. The number of nitrogens with zero attached hydrogens (tertiary/aromatic N) is 1. The molecule has 0 spiro atoms. The second kappa shape index (κ2) is 6.51. The van der Waals surface area contributed by atoms with Crippen LogP contribution in [-0.4, -0.2) is 10.9 Å². The van der Waals surface area contributed by atoms with Gasteiger partial charge in [-0.3, -0.25) is 0 Å². The van der Waals surface area contributed by atoms with Gasteiger partial charge in [-0.25, -0.2) is 0 Å². The minimum Gasteiger partial charge on any atom is -0.411 e. The van der Waals surface area contributed by atoms with Gasteiger partial charge in [0.2, 0.25) is 0 Å². The van der Waals surface area contributed by atoms with Crippen molar-refractivity contribution in [3.63, 3.8) is 0 Å². The average molecular weight is 221 g/mol. The first-order chi connectivity index (χ1) is 7.63. The molecule has 0 heterocycles. The molecular weight excluding hydrogens is 198 g/mol. The smallest absolute Gasteiger partial charge is 0.0574 e. The lowest BCUT2D eigenvalue weighted by Crippen LogP contribution is -2.14. The Labute approximate surface area is 98.7 Å². The van der Waals surface area contributed by atoms with E-state index >= 15 is 0 Å². The largest absolute Gasteiger partial charge is 0.411 e. The Bertz CT molecular complexity index is 309. The second-order valence-electron chi connectivity index (χ2n) is 4.90. The Kier molecular flexibility index (Phi) is 5.30. The molecule has 0 aromatic carbocycles. The molecule has 2 nitrogen and oxygen atoms in total. The first-order valence-corrected chi connectivity index (χ1v) is 6.13. The minimum absolute atomic E-state index is 0.456. The molecule has 0 bridgehead atoms. The molecule has 0 fully saturated rings. The van der Waals surface area contributed by atoms with Crippen molar-refractivity contribution in [2.75, 3.05) is 0 Å². The highest BCUT2D eigenvalue weighted by Gasteiger charge is 2.16. The lowest BCUT2D eigenvalue weighted by atomic mass is 9.85. The van der Waals surface area contributed by atoms with Gasteiger partial charge in [0.1, 0.15) is 0 Å². The van der Waals surface area contributed by atoms with Crippen LogP contribution in [0.15, 0.2) is 28.5 Å². The third-order valence-corrected chi connectivity index (χ3v) is 3.27. The summed E-state index contributed by atoms with van der Waals surface area (Å²) in [4.78, 5) is 0. The molecule has 0 saturated heterocycles. The molecule has 1 aliphatic carbocycles. The van der Waals surface area contributed by atoms with Crippen LogP contribution >= 0.6 is 0 Å². The van der Waals surface area contributed by atoms with Crippen molar-refractivity contribution in [3.8, 4) is 0 Å². The summed E-state index contributed by atoms with van der Waals surface area (Å²) in [6.45, 7) is 6.20. The van der Waals surface area contributed by atoms with Gasteiger partial charge in [0.05, 0.1) is 5.71 Å². The molecular formula is C14H23NO. The molecule has 0 aromatic heterocycles. The van der Waals surface area contributed by atoms with E-state index in [9.17, 15) is 0 Å². The fourth-order valence-electron chi connectivity index (χ4n) is 2.12. The second-order valence-corrected chi connectivity index (χ2v) is 4.90. The maximum atomic E-state index is 8.71. The van der Waals surface area contributed by atoms with E-state index in [-0.39, 0.29) is 0 Å². The highest BCUT2D eigenvalue weighted by Crippen LogP contribution is 2.27. The zero-order chi connectivity index (χ0) is 12.0. The van der Waals surface area contributed by atoms with Crippen molar-refractivity contribution in [2.45, 2.75) is 52.9 Å². The van der Waals surface area contributed by atoms with Crippen LogP contribution in [0.2, 0.25) is 0 Å². The van der Waals surface area contributed by atoms with Gasteiger partial charge in [-0.1, -0.05) is 28.5 Å². The fourth-order valence-corrected chi connectivity index (χ4v) is 2.12. The van der Waals surface area contributed by atoms with Gasteiger partial charge in [0, 0.05) is 5.92 Å². The van der Waals surface area contributed by atoms with Crippen LogP contribution < -0.4 is 0 Å². The summed E-state index contributed by atoms with van der Waals surface area (Å²) in [7, 11) is 0. The zero-order valence-corrected chi connectivity index (χ0v) is 10.7. The topological polar surface area (TPSA) is 32.6 Å². The predicted molar refractivity (Wildman–Crippen MR) is 69.0 cm³/mol. The van der Waals surface area contributed by atoms with Crippen molar-refractivity contribution in [1.82, 2.24) is 0 Å². The van der Waals surface area contributed by atoms with Gasteiger partial charge in [0.15, 0.2) is 0 Å². The molecule has 16 heavy (non-hydrogen) atoms. The maximum absolute atomic E-state index is 8.71. The van der Waals surface area contributed by atoms with Crippen LogP contribution in [0.3, 0.4) is 0 Å². The van der Waals surface area contributed by atoms with Crippen LogP contribution in [0.4, 0.5) is 0 Å². The summed E-state index contributed by atoms with van der Waals surface area (Å²) in [5.74, 6) is 0.456. The van der Waals surface area contributed by atoms with Crippen LogP contribution in [0, 0.1) is 5.92 Å². The minimum atomic E-state index is 0.456. The van der Waals surface area contributed by atoms with Gasteiger partial charge in [-0.2, -0.15) is 0 Å². The van der Waals surface area contributed by atoms with Crippen molar-refractivity contribution in [3.05, 3.63) is 23.3 Å². The molecule has 1 unspecified atom stereocenters. The van der Waals surface area contributed by atoms with Crippen LogP contribution in [0.25, 0.3) is 0 Å².